The van der Waals surface area contributed by atoms with Crippen LogP contribution < -0.4 is 20.9 Å². The van der Waals surface area contributed by atoms with Crippen molar-refractivity contribution in [2.45, 2.75) is 26.9 Å². The molecule has 0 bridgehead atoms. The molecule has 0 amide bonds. The van der Waals surface area contributed by atoms with Crippen molar-refractivity contribution in [3.05, 3.63) is 80.8 Å². The second-order valence-corrected chi connectivity index (χ2v) is 8.17. The van der Waals surface area contributed by atoms with Gasteiger partial charge in [-0.05, 0) is 61.9 Å². The maximum atomic E-state index is 12.9. The molecule has 0 aliphatic heterocycles. The number of hydrogen-bond donors (Lipinski definition) is 0. The molecule has 0 aliphatic carbocycles. The summed E-state index contributed by atoms with van der Waals surface area (Å²) in [6.45, 7) is 4.41. The van der Waals surface area contributed by atoms with Gasteiger partial charge in [-0.15, -0.1) is 0 Å². The summed E-state index contributed by atoms with van der Waals surface area (Å²) in [6.07, 6.45) is 3.75. The summed E-state index contributed by atoms with van der Waals surface area (Å²) >= 11 is 0. The molecule has 0 aliphatic rings. The first-order chi connectivity index (χ1) is 16.3. The summed E-state index contributed by atoms with van der Waals surface area (Å²) in [4.78, 5) is 32.2. The molecule has 0 radical (unpaired) electrons. The zero-order chi connectivity index (χ0) is 24.4. The van der Waals surface area contributed by atoms with Gasteiger partial charge in [0, 0.05) is 39.9 Å². The highest BCUT2D eigenvalue weighted by atomic mass is 16.5. The largest absolute Gasteiger partial charge is 0.457 e. The van der Waals surface area contributed by atoms with Crippen molar-refractivity contribution < 1.29 is 4.74 Å². The Labute approximate surface area is 198 Å². The minimum atomic E-state index is -0.334. The molecule has 34 heavy (non-hydrogen) atoms. The second kappa shape index (κ2) is 9.43. The van der Waals surface area contributed by atoms with Crippen molar-refractivity contribution in [3.63, 3.8) is 0 Å². The SMILES string of the molecule is CCn1c(=O)c2c(nc(/C=C/c3cccc(Oc4ccc(N(C)C)cc4)c3)n2C)n(CC)c1=O. The smallest absolute Gasteiger partial charge is 0.332 e. The first kappa shape index (κ1) is 23.1. The summed E-state index contributed by atoms with van der Waals surface area (Å²) in [6, 6.07) is 15.6. The Morgan fingerprint density at radius 2 is 1.65 bits per heavy atom. The molecule has 4 aromatic rings. The monoisotopic (exact) mass is 459 g/mol. The predicted molar refractivity (Wildman–Crippen MR) is 137 cm³/mol. The van der Waals surface area contributed by atoms with Crippen molar-refractivity contribution in [3.8, 4) is 11.5 Å². The van der Waals surface area contributed by atoms with Gasteiger partial charge >= 0.3 is 5.69 Å². The van der Waals surface area contributed by atoms with E-state index in [9.17, 15) is 9.59 Å². The van der Waals surface area contributed by atoms with Crippen molar-refractivity contribution >= 4 is 29.0 Å². The average Bonchev–Trinajstić information content (AvgIpc) is 3.15. The van der Waals surface area contributed by atoms with Crippen LogP contribution in [0.5, 0.6) is 11.5 Å². The first-order valence-corrected chi connectivity index (χ1v) is 11.3. The van der Waals surface area contributed by atoms with Crippen LogP contribution in [0.2, 0.25) is 0 Å². The van der Waals surface area contributed by atoms with E-state index in [-0.39, 0.29) is 11.2 Å². The molecule has 0 unspecified atom stereocenters. The summed E-state index contributed by atoms with van der Waals surface area (Å²) in [5.74, 6) is 2.07. The van der Waals surface area contributed by atoms with E-state index in [0.29, 0.717) is 30.1 Å². The minimum absolute atomic E-state index is 0.314. The molecule has 4 rings (SSSR count). The number of fused-ring (bicyclic) bond motifs is 1. The van der Waals surface area contributed by atoms with Crippen LogP contribution in [-0.4, -0.2) is 32.8 Å². The van der Waals surface area contributed by atoms with Crippen LogP contribution in [0.25, 0.3) is 23.3 Å². The highest BCUT2D eigenvalue weighted by Gasteiger charge is 2.17. The maximum Gasteiger partial charge on any atom is 0.332 e. The molecule has 0 spiro atoms. The third-order valence-corrected chi connectivity index (χ3v) is 5.78. The number of rotatable bonds is 7. The van der Waals surface area contributed by atoms with Crippen molar-refractivity contribution in [1.82, 2.24) is 18.7 Å². The quantitative estimate of drug-likeness (QED) is 0.418. The molecular weight excluding hydrogens is 430 g/mol. The van der Waals surface area contributed by atoms with E-state index >= 15 is 0 Å². The van der Waals surface area contributed by atoms with Crippen molar-refractivity contribution in [2.75, 3.05) is 19.0 Å². The van der Waals surface area contributed by atoms with Crippen LogP contribution >= 0.6 is 0 Å². The summed E-state index contributed by atoms with van der Waals surface area (Å²) in [5, 5.41) is 0. The van der Waals surface area contributed by atoms with Gasteiger partial charge in [0.05, 0.1) is 0 Å². The van der Waals surface area contributed by atoms with Gasteiger partial charge in [-0.25, -0.2) is 9.78 Å². The van der Waals surface area contributed by atoms with E-state index in [4.69, 9.17) is 4.74 Å². The Hall–Kier alpha value is -4.07. The number of ether oxygens (including phenoxy) is 1. The maximum absolute atomic E-state index is 12.9. The molecule has 2 heterocycles. The van der Waals surface area contributed by atoms with E-state index in [1.807, 2.05) is 86.6 Å². The fourth-order valence-electron chi connectivity index (χ4n) is 3.89. The average molecular weight is 460 g/mol. The van der Waals surface area contributed by atoms with Crippen LogP contribution in [0.3, 0.4) is 0 Å². The van der Waals surface area contributed by atoms with E-state index in [1.54, 1.807) is 18.5 Å². The van der Waals surface area contributed by atoms with E-state index in [0.717, 1.165) is 22.7 Å². The Morgan fingerprint density at radius 3 is 2.29 bits per heavy atom. The van der Waals surface area contributed by atoms with Crippen molar-refractivity contribution in [2.24, 2.45) is 7.05 Å². The third kappa shape index (κ3) is 4.26. The molecule has 0 saturated carbocycles. The number of anilines is 1. The van der Waals surface area contributed by atoms with E-state index in [2.05, 4.69) is 4.98 Å². The molecule has 0 fully saturated rings. The molecule has 8 nitrogen and oxygen atoms in total. The van der Waals surface area contributed by atoms with Gasteiger partial charge < -0.3 is 14.2 Å². The number of aromatic nitrogens is 4. The van der Waals surface area contributed by atoms with Crippen LogP contribution in [0.4, 0.5) is 5.69 Å². The third-order valence-electron chi connectivity index (χ3n) is 5.78. The van der Waals surface area contributed by atoms with Crippen molar-refractivity contribution in [1.29, 1.82) is 0 Å². The minimum Gasteiger partial charge on any atom is -0.457 e. The second-order valence-electron chi connectivity index (χ2n) is 8.17. The van der Waals surface area contributed by atoms with Gasteiger partial charge in [0.1, 0.15) is 17.3 Å². The highest BCUT2D eigenvalue weighted by Crippen LogP contribution is 2.25. The molecule has 2 aromatic heterocycles. The summed E-state index contributed by atoms with van der Waals surface area (Å²) in [7, 11) is 5.78. The highest BCUT2D eigenvalue weighted by molar-refractivity contribution is 5.76. The van der Waals surface area contributed by atoms with Crippen LogP contribution in [0.1, 0.15) is 25.2 Å². The van der Waals surface area contributed by atoms with Gasteiger partial charge in [-0.1, -0.05) is 18.2 Å². The summed E-state index contributed by atoms with van der Waals surface area (Å²) < 4.78 is 10.5. The molecule has 0 N–H and O–H groups in total. The van der Waals surface area contributed by atoms with Crippen LogP contribution in [-0.2, 0) is 20.1 Å². The summed E-state index contributed by atoms with van der Waals surface area (Å²) in [5.41, 5.74) is 2.19. The molecule has 2 aromatic carbocycles. The molecule has 0 atom stereocenters. The number of benzene rings is 2. The lowest BCUT2D eigenvalue weighted by Crippen LogP contribution is -2.39. The number of nitrogens with zero attached hydrogens (tertiary/aromatic N) is 5. The van der Waals surface area contributed by atoms with Gasteiger partial charge in [0.25, 0.3) is 5.56 Å². The lowest BCUT2D eigenvalue weighted by molar-refractivity contribution is 0.482. The fourth-order valence-corrected chi connectivity index (χ4v) is 3.89. The Balaban J connectivity index is 1.65. The predicted octanol–water partition coefficient (Wildman–Crippen LogP) is 3.97. The number of imidazole rings is 1. The van der Waals surface area contributed by atoms with Gasteiger partial charge in [0.15, 0.2) is 11.2 Å². The van der Waals surface area contributed by atoms with Gasteiger partial charge in [-0.3, -0.25) is 13.9 Å². The van der Waals surface area contributed by atoms with Crippen LogP contribution in [0.15, 0.2) is 58.1 Å². The Morgan fingerprint density at radius 1 is 0.941 bits per heavy atom. The lowest BCUT2D eigenvalue weighted by Gasteiger charge is -2.13. The van der Waals surface area contributed by atoms with Crippen LogP contribution in [0, 0.1) is 0 Å². The van der Waals surface area contributed by atoms with Gasteiger partial charge in [0.2, 0.25) is 0 Å². The topological polar surface area (TPSA) is 74.3 Å². The first-order valence-electron chi connectivity index (χ1n) is 11.3. The standard InChI is InChI=1S/C26H29N5O3/c1-6-30-24-23(25(32)31(7-2)26(30)33)29(5)22(27-24)16-11-18-9-8-10-21(17-18)34-20-14-12-19(13-15-20)28(3)4/h8-17H,6-7H2,1-5H3/b16-11+. The van der Waals surface area contributed by atoms with E-state index < -0.39 is 0 Å². The molecular formula is C26H29N5O3. The fraction of sp³-hybridized carbons (Fsp3) is 0.269. The Bertz CT molecular complexity index is 1470. The molecule has 0 saturated heterocycles. The zero-order valence-corrected chi connectivity index (χ0v) is 20.1. The normalized spacial score (nSPS) is 11.4. The molecule has 8 heteroatoms. The lowest BCUT2D eigenvalue weighted by atomic mass is 10.2. The number of aryl methyl sites for hydroxylation is 2. The molecule has 176 valence electrons. The number of hydrogen-bond acceptors (Lipinski definition) is 5. The zero-order valence-electron chi connectivity index (χ0n) is 20.1. The van der Waals surface area contributed by atoms with Gasteiger partial charge in [-0.2, -0.15) is 0 Å². The Kier molecular flexibility index (Phi) is 6.40. The van der Waals surface area contributed by atoms with E-state index in [1.165, 1.54) is 9.13 Å².